The fourth-order valence-corrected chi connectivity index (χ4v) is 2.03. The third kappa shape index (κ3) is 5.65. The second-order valence-electron chi connectivity index (χ2n) is 5.68. The van der Waals surface area contributed by atoms with Crippen LogP contribution in [0.15, 0.2) is 18.2 Å². The average Bonchev–Trinajstić information content (AvgIpc) is 2.49. The molecule has 1 rings (SSSR count). The lowest BCUT2D eigenvalue weighted by Gasteiger charge is -2.17. The molecule has 4 nitrogen and oxygen atoms in total. The molecule has 1 aromatic rings. The van der Waals surface area contributed by atoms with Gasteiger partial charge >= 0.3 is 0 Å². The van der Waals surface area contributed by atoms with Crippen molar-refractivity contribution < 1.29 is 9.47 Å². The van der Waals surface area contributed by atoms with Crippen LogP contribution < -0.4 is 14.8 Å². The summed E-state index contributed by atoms with van der Waals surface area (Å²) in [6.45, 7) is 8.23. The van der Waals surface area contributed by atoms with Gasteiger partial charge in [-0.1, -0.05) is 19.1 Å². The minimum Gasteiger partial charge on any atom is -0.493 e. The number of nitrogens with one attached hydrogen (secondary N) is 1. The van der Waals surface area contributed by atoms with Crippen molar-refractivity contribution in [1.29, 1.82) is 5.26 Å². The first-order chi connectivity index (χ1) is 10.0. The van der Waals surface area contributed by atoms with Crippen molar-refractivity contribution >= 4 is 0 Å². The highest BCUT2D eigenvalue weighted by molar-refractivity contribution is 5.46. The maximum absolute atomic E-state index is 9.01. The van der Waals surface area contributed by atoms with Gasteiger partial charge in [-0.25, -0.2) is 0 Å². The van der Waals surface area contributed by atoms with E-state index >= 15 is 0 Å². The van der Waals surface area contributed by atoms with E-state index in [1.807, 2.05) is 32.0 Å². The Hall–Kier alpha value is -1.73. The van der Waals surface area contributed by atoms with Crippen molar-refractivity contribution in [3.8, 4) is 17.6 Å². The van der Waals surface area contributed by atoms with Gasteiger partial charge in [-0.2, -0.15) is 5.26 Å². The minimum absolute atomic E-state index is 0.295. The molecule has 0 heterocycles. The molecule has 0 aliphatic rings. The molecule has 0 atom stereocenters. The van der Waals surface area contributed by atoms with Gasteiger partial charge in [0.25, 0.3) is 0 Å². The number of benzene rings is 1. The average molecular weight is 290 g/mol. The molecule has 1 aromatic carbocycles. The molecule has 0 aliphatic carbocycles. The summed E-state index contributed by atoms with van der Waals surface area (Å²) in [7, 11) is 1.65. The van der Waals surface area contributed by atoms with Crippen LogP contribution in [0.3, 0.4) is 0 Å². The molecule has 0 fully saturated rings. The minimum atomic E-state index is -0.295. The number of methoxy groups -OCH3 is 1. The summed E-state index contributed by atoms with van der Waals surface area (Å²) in [5.41, 5.74) is 0.798. The molecule has 0 spiro atoms. The fourth-order valence-electron chi connectivity index (χ4n) is 2.03. The number of nitriles is 1. The zero-order valence-corrected chi connectivity index (χ0v) is 13.5. The van der Waals surface area contributed by atoms with Crippen molar-refractivity contribution in [3.05, 3.63) is 23.8 Å². The van der Waals surface area contributed by atoms with E-state index in [0.29, 0.717) is 6.61 Å². The molecule has 0 radical (unpaired) electrons. The van der Waals surface area contributed by atoms with E-state index in [4.69, 9.17) is 14.7 Å². The molecular formula is C17H26N2O2. The largest absolute Gasteiger partial charge is 0.493 e. The Kier molecular flexibility index (Phi) is 7.04. The first-order valence-electron chi connectivity index (χ1n) is 7.44. The van der Waals surface area contributed by atoms with Crippen LogP contribution >= 0.6 is 0 Å². The Morgan fingerprint density at radius 1 is 1.33 bits per heavy atom. The molecule has 0 unspecified atom stereocenters. The lowest BCUT2D eigenvalue weighted by Crippen LogP contribution is -2.14. The second kappa shape index (κ2) is 8.53. The van der Waals surface area contributed by atoms with Crippen molar-refractivity contribution in [2.75, 3.05) is 20.3 Å². The Bertz CT molecular complexity index is 478. The van der Waals surface area contributed by atoms with Crippen LogP contribution in [-0.2, 0) is 6.54 Å². The van der Waals surface area contributed by atoms with Crippen molar-refractivity contribution in [1.82, 2.24) is 5.32 Å². The van der Waals surface area contributed by atoms with Crippen LogP contribution in [0.2, 0.25) is 0 Å². The number of hydrogen-bond donors (Lipinski definition) is 1. The van der Waals surface area contributed by atoms with Gasteiger partial charge in [0.15, 0.2) is 11.5 Å². The Labute approximate surface area is 128 Å². The highest BCUT2D eigenvalue weighted by Crippen LogP contribution is 2.31. The van der Waals surface area contributed by atoms with Gasteiger partial charge in [0, 0.05) is 12.1 Å². The summed E-state index contributed by atoms with van der Waals surface area (Å²) in [6.07, 6.45) is 1.67. The maximum Gasteiger partial charge on any atom is 0.165 e. The number of rotatable bonds is 9. The highest BCUT2D eigenvalue weighted by Gasteiger charge is 2.16. The zero-order valence-electron chi connectivity index (χ0n) is 13.5. The van der Waals surface area contributed by atoms with Crippen LogP contribution in [0.5, 0.6) is 11.5 Å². The predicted molar refractivity (Wildman–Crippen MR) is 84.5 cm³/mol. The van der Waals surface area contributed by atoms with E-state index in [9.17, 15) is 0 Å². The SMILES string of the molecule is CCNCc1cccc(OC)c1OCCCC(C)(C)C#N. The molecular weight excluding hydrogens is 264 g/mol. The lowest BCUT2D eigenvalue weighted by molar-refractivity contribution is 0.267. The third-order valence-corrected chi connectivity index (χ3v) is 3.34. The third-order valence-electron chi connectivity index (χ3n) is 3.34. The smallest absolute Gasteiger partial charge is 0.165 e. The summed E-state index contributed by atoms with van der Waals surface area (Å²) in [5.74, 6) is 1.56. The molecule has 21 heavy (non-hydrogen) atoms. The van der Waals surface area contributed by atoms with Crippen LogP contribution in [0.1, 0.15) is 39.2 Å². The maximum atomic E-state index is 9.01. The van der Waals surface area contributed by atoms with E-state index in [1.54, 1.807) is 7.11 Å². The summed E-state index contributed by atoms with van der Waals surface area (Å²) >= 11 is 0. The lowest BCUT2D eigenvalue weighted by atomic mass is 9.90. The molecule has 4 heteroatoms. The normalized spacial score (nSPS) is 11.0. The van der Waals surface area contributed by atoms with Gasteiger partial charge in [-0.15, -0.1) is 0 Å². The standard InChI is InChI=1S/C17H26N2O2/c1-5-19-12-14-8-6-9-15(20-4)16(14)21-11-7-10-17(2,3)13-18/h6,8-9,19H,5,7,10-12H2,1-4H3. The van der Waals surface area contributed by atoms with Gasteiger partial charge in [0.05, 0.1) is 25.2 Å². The van der Waals surface area contributed by atoms with Gasteiger partial charge in [-0.3, -0.25) is 0 Å². The Morgan fingerprint density at radius 3 is 2.71 bits per heavy atom. The first kappa shape index (κ1) is 17.3. The molecule has 0 saturated heterocycles. The van der Waals surface area contributed by atoms with Crippen molar-refractivity contribution in [3.63, 3.8) is 0 Å². The van der Waals surface area contributed by atoms with Crippen LogP contribution in [-0.4, -0.2) is 20.3 Å². The predicted octanol–water partition coefficient (Wildman–Crippen LogP) is 3.51. The Morgan fingerprint density at radius 2 is 2.10 bits per heavy atom. The molecule has 0 bridgehead atoms. The van der Waals surface area contributed by atoms with Crippen LogP contribution in [0, 0.1) is 16.7 Å². The summed E-state index contributed by atoms with van der Waals surface area (Å²) in [5, 5.41) is 12.3. The molecule has 0 aliphatic heterocycles. The van der Waals surface area contributed by atoms with Gasteiger partial charge < -0.3 is 14.8 Å². The first-order valence-corrected chi connectivity index (χ1v) is 7.44. The number of hydrogen-bond acceptors (Lipinski definition) is 4. The molecule has 116 valence electrons. The van der Waals surface area contributed by atoms with E-state index in [-0.39, 0.29) is 5.41 Å². The fraction of sp³-hybridized carbons (Fsp3) is 0.588. The summed E-state index contributed by atoms with van der Waals surface area (Å²) in [4.78, 5) is 0. The molecule has 0 aromatic heterocycles. The van der Waals surface area contributed by atoms with Crippen molar-refractivity contribution in [2.45, 2.75) is 40.2 Å². The summed E-state index contributed by atoms with van der Waals surface area (Å²) < 4.78 is 11.3. The number of nitrogens with zero attached hydrogens (tertiary/aromatic N) is 1. The highest BCUT2D eigenvalue weighted by atomic mass is 16.5. The Balaban J connectivity index is 2.66. The molecule has 0 amide bonds. The monoisotopic (exact) mass is 290 g/mol. The number of para-hydroxylation sites is 1. The molecule has 1 N–H and O–H groups in total. The van der Waals surface area contributed by atoms with Gasteiger partial charge in [0.1, 0.15) is 0 Å². The number of ether oxygens (including phenoxy) is 2. The topological polar surface area (TPSA) is 54.3 Å². The molecule has 0 saturated carbocycles. The van der Waals surface area contributed by atoms with E-state index in [1.165, 1.54) is 0 Å². The van der Waals surface area contributed by atoms with Gasteiger partial charge in [-0.05, 0) is 39.3 Å². The second-order valence-corrected chi connectivity index (χ2v) is 5.68. The quantitative estimate of drug-likeness (QED) is 0.707. The van der Waals surface area contributed by atoms with Crippen molar-refractivity contribution in [2.24, 2.45) is 5.41 Å². The van der Waals surface area contributed by atoms with Gasteiger partial charge in [0.2, 0.25) is 0 Å². The zero-order chi connectivity index (χ0) is 15.7. The van der Waals surface area contributed by atoms with E-state index in [2.05, 4.69) is 18.3 Å². The van der Waals surface area contributed by atoms with E-state index in [0.717, 1.165) is 43.0 Å². The summed E-state index contributed by atoms with van der Waals surface area (Å²) in [6, 6.07) is 8.23. The van der Waals surface area contributed by atoms with E-state index < -0.39 is 0 Å². The van der Waals surface area contributed by atoms with Crippen LogP contribution in [0.4, 0.5) is 0 Å². The van der Waals surface area contributed by atoms with Crippen LogP contribution in [0.25, 0.3) is 0 Å².